The number of hydrogen-bond acceptors (Lipinski definition) is 4. The van der Waals surface area contributed by atoms with E-state index in [-0.39, 0.29) is 24.5 Å². The number of thiocarbonyl (C=S) groups is 1. The van der Waals surface area contributed by atoms with Gasteiger partial charge in [-0.2, -0.15) is 0 Å². The van der Waals surface area contributed by atoms with E-state index in [1.165, 1.54) is 0 Å². The van der Waals surface area contributed by atoms with Crippen LogP contribution in [0.5, 0.6) is 5.75 Å². The van der Waals surface area contributed by atoms with Crippen molar-refractivity contribution >= 4 is 34.8 Å². The maximum Gasteiger partial charge on any atom is 0.276 e. The average molecular weight is 388 g/mol. The molecule has 1 atom stereocenters. The number of halogens is 1. The zero-order valence-corrected chi connectivity index (χ0v) is 16.8. The van der Waals surface area contributed by atoms with Crippen molar-refractivity contribution in [2.75, 3.05) is 20.3 Å². The van der Waals surface area contributed by atoms with Crippen LogP contribution in [0.1, 0.15) is 37.8 Å². The maximum absolute atomic E-state index is 11.9. The summed E-state index contributed by atoms with van der Waals surface area (Å²) in [7, 11) is 1.61. The van der Waals surface area contributed by atoms with Crippen molar-refractivity contribution < 1.29 is 14.3 Å². The molecule has 0 aliphatic heterocycles. The topological polar surface area (TPSA) is 71.6 Å². The molecule has 0 radical (unpaired) electrons. The van der Waals surface area contributed by atoms with Gasteiger partial charge in [-0.05, 0) is 55.2 Å². The molecule has 0 heterocycles. The molecule has 0 fully saturated rings. The molecule has 1 aromatic carbocycles. The van der Waals surface area contributed by atoms with E-state index >= 15 is 0 Å². The van der Waals surface area contributed by atoms with Gasteiger partial charge in [-0.25, -0.2) is 0 Å². The van der Waals surface area contributed by atoms with Gasteiger partial charge in [0, 0.05) is 18.2 Å². The van der Waals surface area contributed by atoms with Crippen LogP contribution in [0.15, 0.2) is 12.1 Å². The molecule has 0 aliphatic rings. The Bertz CT molecular complexity index is 611. The molecule has 0 saturated carbocycles. The third kappa shape index (κ3) is 7.46. The Labute approximate surface area is 159 Å². The highest BCUT2D eigenvalue weighted by molar-refractivity contribution is 7.80. The zero-order valence-electron chi connectivity index (χ0n) is 15.2. The molecule has 0 spiro atoms. The van der Waals surface area contributed by atoms with Crippen molar-refractivity contribution in [1.82, 2.24) is 16.2 Å². The minimum atomic E-state index is -0.342. The van der Waals surface area contributed by atoms with Crippen LogP contribution in [-0.2, 0) is 9.53 Å². The van der Waals surface area contributed by atoms with Gasteiger partial charge in [0.15, 0.2) is 11.7 Å². The molecule has 0 aliphatic carbocycles. The molecule has 25 heavy (non-hydrogen) atoms. The summed E-state index contributed by atoms with van der Waals surface area (Å²) in [5.41, 5.74) is 6.98. The van der Waals surface area contributed by atoms with E-state index in [1.54, 1.807) is 7.11 Å². The number of benzene rings is 1. The van der Waals surface area contributed by atoms with Crippen LogP contribution in [0.4, 0.5) is 0 Å². The minimum Gasteiger partial charge on any atom is -0.483 e. The van der Waals surface area contributed by atoms with Crippen LogP contribution in [0, 0.1) is 6.92 Å². The zero-order chi connectivity index (χ0) is 19.0. The van der Waals surface area contributed by atoms with Crippen molar-refractivity contribution in [2.24, 2.45) is 0 Å². The number of carbonyl (C=O) groups excluding carboxylic acids is 1. The SMILES string of the molecule is COC[C@H](C)NC(=S)NNC(=O)COc1cc(C)c(Cl)cc1C(C)C. The monoisotopic (exact) mass is 387 g/mol. The first kappa shape index (κ1) is 21.5. The molecule has 0 saturated heterocycles. The number of amides is 1. The summed E-state index contributed by atoms with van der Waals surface area (Å²) >= 11 is 11.2. The molecule has 8 heteroatoms. The highest BCUT2D eigenvalue weighted by atomic mass is 35.5. The first-order valence-corrected chi connectivity index (χ1v) is 8.80. The van der Waals surface area contributed by atoms with Gasteiger partial charge in [0.2, 0.25) is 0 Å². The maximum atomic E-state index is 11.9. The predicted octanol–water partition coefficient (Wildman–Crippen LogP) is 2.68. The van der Waals surface area contributed by atoms with E-state index in [0.29, 0.717) is 22.5 Å². The smallest absolute Gasteiger partial charge is 0.276 e. The number of carbonyl (C=O) groups is 1. The number of hydrogen-bond donors (Lipinski definition) is 3. The van der Waals surface area contributed by atoms with Crippen molar-refractivity contribution in [1.29, 1.82) is 0 Å². The van der Waals surface area contributed by atoms with Gasteiger partial charge in [-0.3, -0.25) is 15.6 Å². The first-order chi connectivity index (χ1) is 11.7. The Morgan fingerprint density at radius 1 is 1.28 bits per heavy atom. The molecule has 140 valence electrons. The lowest BCUT2D eigenvalue weighted by atomic mass is 10.0. The standard InChI is InChI=1S/C17H26ClN3O3S/c1-10(2)13-7-14(18)11(3)6-15(13)24-9-16(22)20-21-17(25)19-12(4)8-23-5/h6-7,10,12H,8-9H2,1-5H3,(H,20,22)(H2,19,21,25)/t12-/m0/s1. The Kier molecular flexibility index (Phi) is 8.96. The summed E-state index contributed by atoms with van der Waals surface area (Å²) < 4.78 is 10.7. The second-order valence-corrected chi connectivity index (χ2v) is 6.90. The molecule has 3 N–H and O–H groups in total. The van der Waals surface area contributed by atoms with E-state index in [0.717, 1.165) is 11.1 Å². The van der Waals surface area contributed by atoms with Gasteiger partial charge in [0.25, 0.3) is 5.91 Å². The van der Waals surface area contributed by atoms with Gasteiger partial charge >= 0.3 is 0 Å². The Morgan fingerprint density at radius 2 is 1.96 bits per heavy atom. The number of aryl methyl sites for hydroxylation is 1. The van der Waals surface area contributed by atoms with Crippen molar-refractivity contribution in [3.63, 3.8) is 0 Å². The fraction of sp³-hybridized carbons (Fsp3) is 0.529. The van der Waals surface area contributed by atoms with Gasteiger partial charge in [0.05, 0.1) is 6.61 Å². The summed E-state index contributed by atoms with van der Waals surface area (Å²) in [6.07, 6.45) is 0. The van der Waals surface area contributed by atoms with Crippen LogP contribution in [0.25, 0.3) is 0 Å². The molecular weight excluding hydrogens is 362 g/mol. The molecule has 6 nitrogen and oxygen atoms in total. The summed E-state index contributed by atoms with van der Waals surface area (Å²) in [5.74, 6) is 0.542. The Balaban J connectivity index is 2.52. The average Bonchev–Trinajstić information content (AvgIpc) is 2.53. The Hall–Kier alpha value is -1.57. The highest BCUT2D eigenvalue weighted by Crippen LogP contribution is 2.31. The van der Waals surface area contributed by atoms with Crippen molar-refractivity contribution in [3.8, 4) is 5.75 Å². The lowest BCUT2D eigenvalue weighted by molar-refractivity contribution is -0.123. The van der Waals surface area contributed by atoms with Crippen LogP contribution >= 0.6 is 23.8 Å². The number of methoxy groups -OCH3 is 1. The summed E-state index contributed by atoms with van der Waals surface area (Å²) in [6, 6.07) is 3.75. The first-order valence-electron chi connectivity index (χ1n) is 8.01. The lowest BCUT2D eigenvalue weighted by Gasteiger charge is -2.18. The summed E-state index contributed by atoms with van der Waals surface area (Å²) in [4.78, 5) is 11.9. The van der Waals surface area contributed by atoms with E-state index in [4.69, 9.17) is 33.3 Å². The molecule has 0 aromatic heterocycles. The molecule has 1 aromatic rings. The minimum absolute atomic E-state index is 0.0313. The van der Waals surface area contributed by atoms with E-state index < -0.39 is 0 Å². The fourth-order valence-electron chi connectivity index (χ4n) is 2.10. The third-order valence-electron chi connectivity index (χ3n) is 3.38. The Morgan fingerprint density at radius 3 is 2.56 bits per heavy atom. The lowest BCUT2D eigenvalue weighted by Crippen LogP contribution is -2.50. The normalized spacial score (nSPS) is 11.8. The van der Waals surface area contributed by atoms with E-state index in [1.807, 2.05) is 39.8 Å². The largest absolute Gasteiger partial charge is 0.483 e. The van der Waals surface area contributed by atoms with Crippen LogP contribution < -0.4 is 20.9 Å². The van der Waals surface area contributed by atoms with Gasteiger partial charge in [-0.1, -0.05) is 25.4 Å². The van der Waals surface area contributed by atoms with E-state index in [2.05, 4.69) is 16.2 Å². The number of rotatable bonds is 7. The number of hydrazine groups is 1. The van der Waals surface area contributed by atoms with Gasteiger partial charge in [0.1, 0.15) is 5.75 Å². The van der Waals surface area contributed by atoms with Crippen molar-refractivity contribution in [3.05, 3.63) is 28.3 Å². The third-order valence-corrected chi connectivity index (χ3v) is 4.01. The predicted molar refractivity (Wildman–Crippen MR) is 104 cm³/mol. The van der Waals surface area contributed by atoms with Crippen LogP contribution in [0.2, 0.25) is 5.02 Å². The van der Waals surface area contributed by atoms with Gasteiger partial charge < -0.3 is 14.8 Å². The second-order valence-electron chi connectivity index (χ2n) is 6.09. The number of nitrogens with one attached hydrogen (secondary N) is 3. The summed E-state index contributed by atoms with van der Waals surface area (Å²) in [5, 5.41) is 3.97. The van der Waals surface area contributed by atoms with E-state index in [9.17, 15) is 4.79 Å². The van der Waals surface area contributed by atoms with Crippen LogP contribution in [-0.4, -0.2) is 37.4 Å². The summed E-state index contributed by atoms with van der Waals surface area (Å²) in [6.45, 7) is 8.27. The molecule has 0 bridgehead atoms. The van der Waals surface area contributed by atoms with Crippen molar-refractivity contribution in [2.45, 2.75) is 39.7 Å². The van der Waals surface area contributed by atoms with Gasteiger partial charge in [-0.15, -0.1) is 0 Å². The molecule has 1 rings (SSSR count). The number of ether oxygens (including phenoxy) is 2. The molecule has 1 amide bonds. The molecular formula is C17H26ClN3O3S. The second kappa shape index (κ2) is 10.4. The quantitative estimate of drug-likeness (QED) is 0.493. The highest BCUT2D eigenvalue weighted by Gasteiger charge is 2.13. The molecule has 0 unspecified atom stereocenters. The fourth-order valence-corrected chi connectivity index (χ4v) is 2.53. The van der Waals surface area contributed by atoms with Crippen LogP contribution in [0.3, 0.4) is 0 Å².